The van der Waals surface area contributed by atoms with Crippen LogP contribution in [0.5, 0.6) is 0 Å². The lowest BCUT2D eigenvalue weighted by molar-refractivity contribution is -0.116. The number of amides is 1. The number of aliphatic hydroxyl groups is 1. The maximum atomic E-state index is 14.9. The van der Waals surface area contributed by atoms with Crippen molar-refractivity contribution < 1.29 is 23.5 Å². The summed E-state index contributed by atoms with van der Waals surface area (Å²) in [4.78, 5) is 41.3. The predicted molar refractivity (Wildman–Crippen MR) is 160 cm³/mol. The minimum absolute atomic E-state index is 0.0155. The van der Waals surface area contributed by atoms with Crippen LogP contribution in [0.15, 0.2) is 12.1 Å². The Labute approximate surface area is 255 Å². The molecule has 1 atom stereocenters. The van der Waals surface area contributed by atoms with Crippen LogP contribution in [0, 0.1) is 11.6 Å². The van der Waals surface area contributed by atoms with E-state index in [9.17, 15) is 18.4 Å². The zero-order valence-electron chi connectivity index (χ0n) is 24.4. The number of ketones is 1. The van der Waals surface area contributed by atoms with Gasteiger partial charge in [0.2, 0.25) is 0 Å². The van der Waals surface area contributed by atoms with Gasteiger partial charge in [0, 0.05) is 57.8 Å². The average molecular weight is 621 g/mol. The molecule has 5 rings (SSSR count). The van der Waals surface area contributed by atoms with Gasteiger partial charge >= 0.3 is 0 Å². The topological polar surface area (TPSA) is 131 Å². The molecule has 3 aliphatic heterocycles. The lowest BCUT2D eigenvalue weighted by atomic mass is 9.97. The van der Waals surface area contributed by atoms with Crippen LogP contribution in [0.2, 0.25) is 5.15 Å². The Morgan fingerprint density at radius 3 is 2.58 bits per heavy atom. The van der Waals surface area contributed by atoms with Gasteiger partial charge in [0.1, 0.15) is 0 Å². The first-order chi connectivity index (χ1) is 20.7. The second-order valence-electron chi connectivity index (χ2n) is 11.4. The van der Waals surface area contributed by atoms with Gasteiger partial charge in [-0.2, -0.15) is 0 Å². The van der Waals surface area contributed by atoms with Gasteiger partial charge in [0.25, 0.3) is 5.91 Å². The molecule has 4 heterocycles. The number of carbonyl (C=O) groups is 2. The minimum atomic E-state index is -0.893. The predicted octanol–water partition coefficient (Wildman–Crippen LogP) is 2.06. The van der Waals surface area contributed by atoms with E-state index in [1.165, 1.54) is 6.07 Å². The fraction of sp³-hybridized carbons (Fsp3) is 0.586. The van der Waals surface area contributed by atoms with Gasteiger partial charge in [-0.05, 0) is 44.0 Å². The number of nitrogens with two attached hydrogens (primary N) is 1. The molecule has 0 radical (unpaired) electrons. The van der Waals surface area contributed by atoms with Crippen molar-refractivity contribution in [2.24, 2.45) is 0 Å². The fourth-order valence-corrected chi connectivity index (χ4v) is 6.71. The standard InChI is InChI=1S/C29H39ClF2N8O3/c1-2-19-16-39(28-26(30)35-24(27(33)36-28)29(43)34-8-14-41)12-13-40(19)20-5-9-37(10-6-20)15-18-3-4-22(31)23(32)25(18)38-11-7-21(42)17-38/h3-4,19-20,41H,2,5-17H2,1H3,(H2,33,36)(H,34,43)/t19-/m0/s1. The summed E-state index contributed by atoms with van der Waals surface area (Å²) < 4.78 is 29.0. The van der Waals surface area contributed by atoms with Gasteiger partial charge < -0.3 is 26.0 Å². The highest BCUT2D eigenvalue weighted by molar-refractivity contribution is 6.32. The molecule has 1 aromatic carbocycles. The highest BCUT2D eigenvalue weighted by Crippen LogP contribution is 2.33. The number of hydrogen-bond donors (Lipinski definition) is 3. The van der Waals surface area contributed by atoms with Crippen LogP contribution in [-0.4, -0.2) is 108 Å². The minimum Gasteiger partial charge on any atom is -0.395 e. The number of piperazine rings is 1. The summed E-state index contributed by atoms with van der Waals surface area (Å²) in [7, 11) is 0. The number of carbonyl (C=O) groups excluding carboxylic acids is 2. The van der Waals surface area contributed by atoms with Gasteiger partial charge in [-0.15, -0.1) is 0 Å². The van der Waals surface area contributed by atoms with Crippen LogP contribution < -0.4 is 20.9 Å². The Kier molecular flexibility index (Phi) is 9.95. The number of hydrogen-bond acceptors (Lipinski definition) is 10. The smallest absolute Gasteiger partial charge is 0.273 e. The molecular formula is C29H39ClF2N8O3. The highest BCUT2D eigenvalue weighted by Gasteiger charge is 2.35. The first kappa shape index (κ1) is 31.3. The molecule has 4 N–H and O–H groups in total. The van der Waals surface area contributed by atoms with Gasteiger partial charge in [-0.1, -0.05) is 24.6 Å². The van der Waals surface area contributed by atoms with E-state index < -0.39 is 17.5 Å². The molecule has 3 saturated heterocycles. The number of likely N-dealkylation sites (tertiary alicyclic amines) is 1. The van der Waals surface area contributed by atoms with E-state index in [2.05, 4.69) is 36.9 Å². The van der Waals surface area contributed by atoms with Crippen LogP contribution >= 0.6 is 11.6 Å². The summed E-state index contributed by atoms with van der Waals surface area (Å²) in [5.74, 6) is -1.83. The van der Waals surface area contributed by atoms with Crippen molar-refractivity contribution >= 4 is 40.6 Å². The summed E-state index contributed by atoms with van der Waals surface area (Å²) in [6.45, 7) is 6.87. The Balaban J connectivity index is 1.20. The molecule has 0 aliphatic carbocycles. The Morgan fingerprint density at radius 1 is 1.14 bits per heavy atom. The van der Waals surface area contributed by atoms with Crippen LogP contribution in [-0.2, 0) is 11.3 Å². The third kappa shape index (κ3) is 6.84. The first-order valence-corrected chi connectivity index (χ1v) is 15.3. The average Bonchev–Trinajstić information content (AvgIpc) is 3.44. The molecule has 14 heteroatoms. The summed E-state index contributed by atoms with van der Waals surface area (Å²) in [5, 5.41) is 11.6. The number of piperidine rings is 1. The molecule has 1 aromatic heterocycles. The van der Waals surface area contributed by atoms with Crippen molar-refractivity contribution in [2.75, 3.05) is 74.5 Å². The van der Waals surface area contributed by atoms with E-state index in [1.54, 1.807) is 11.0 Å². The number of aliphatic hydroxyl groups excluding tert-OH is 1. The molecule has 0 spiro atoms. The van der Waals surface area contributed by atoms with Gasteiger partial charge in [-0.25, -0.2) is 18.7 Å². The van der Waals surface area contributed by atoms with E-state index >= 15 is 0 Å². The third-order valence-electron chi connectivity index (χ3n) is 8.69. The molecule has 0 unspecified atom stereocenters. The van der Waals surface area contributed by atoms with Crippen molar-refractivity contribution in [1.82, 2.24) is 25.1 Å². The molecule has 0 saturated carbocycles. The number of aromatic nitrogens is 2. The molecule has 11 nitrogen and oxygen atoms in total. The number of halogens is 3. The second kappa shape index (κ2) is 13.7. The van der Waals surface area contributed by atoms with Crippen LogP contribution in [0.3, 0.4) is 0 Å². The summed E-state index contributed by atoms with van der Waals surface area (Å²) in [6, 6.07) is 3.45. The number of Topliss-reactive ketones (excluding diaryl/α,β-unsaturated/α-hetero) is 1. The Hall–Kier alpha value is -3.13. The zero-order chi connectivity index (χ0) is 30.7. The molecule has 43 heavy (non-hydrogen) atoms. The summed E-state index contributed by atoms with van der Waals surface area (Å²) in [5.41, 5.74) is 6.92. The molecule has 1 amide bonds. The van der Waals surface area contributed by atoms with Crippen molar-refractivity contribution in [1.29, 1.82) is 0 Å². The van der Waals surface area contributed by atoms with Crippen molar-refractivity contribution in [3.8, 4) is 0 Å². The first-order valence-electron chi connectivity index (χ1n) is 14.9. The van der Waals surface area contributed by atoms with E-state index in [4.69, 9.17) is 22.4 Å². The zero-order valence-corrected chi connectivity index (χ0v) is 25.1. The van der Waals surface area contributed by atoms with Gasteiger partial charge in [0.15, 0.2) is 39.9 Å². The van der Waals surface area contributed by atoms with Gasteiger partial charge in [0.05, 0.1) is 18.8 Å². The largest absolute Gasteiger partial charge is 0.395 e. The van der Waals surface area contributed by atoms with E-state index in [-0.39, 0.29) is 53.9 Å². The van der Waals surface area contributed by atoms with Crippen LogP contribution in [0.4, 0.5) is 26.1 Å². The SMILES string of the molecule is CC[C@H]1CN(c2nc(N)c(C(=O)NCCO)nc2Cl)CCN1C1CCN(Cc2ccc(F)c(F)c2N2CCC(=O)C2)CC1. The van der Waals surface area contributed by atoms with Crippen LogP contribution in [0.1, 0.15) is 48.7 Å². The number of benzene rings is 1. The third-order valence-corrected chi connectivity index (χ3v) is 8.95. The molecular weight excluding hydrogens is 582 g/mol. The molecule has 2 aromatic rings. The van der Waals surface area contributed by atoms with Crippen molar-refractivity contribution in [3.05, 3.63) is 40.2 Å². The molecule has 3 fully saturated rings. The Bertz CT molecular complexity index is 1340. The summed E-state index contributed by atoms with van der Waals surface area (Å²) >= 11 is 6.47. The highest BCUT2D eigenvalue weighted by atomic mass is 35.5. The monoisotopic (exact) mass is 620 g/mol. The molecule has 0 bridgehead atoms. The van der Waals surface area contributed by atoms with E-state index in [1.807, 2.05) is 0 Å². The summed E-state index contributed by atoms with van der Waals surface area (Å²) in [6.07, 6.45) is 3.17. The lowest BCUT2D eigenvalue weighted by Crippen LogP contribution is -2.58. The van der Waals surface area contributed by atoms with Crippen LogP contribution in [0.25, 0.3) is 0 Å². The van der Waals surface area contributed by atoms with Crippen molar-refractivity contribution in [3.63, 3.8) is 0 Å². The van der Waals surface area contributed by atoms with Gasteiger partial charge in [-0.3, -0.25) is 19.4 Å². The van der Waals surface area contributed by atoms with E-state index in [0.717, 1.165) is 38.9 Å². The molecule has 234 valence electrons. The number of rotatable bonds is 9. The maximum Gasteiger partial charge on any atom is 0.273 e. The maximum absolute atomic E-state index is 14.9. The van der Waals surface area contributed by atoms with E-state index in [0.29, 0.717) is 50.0 Å². The Morgan fingerprint density at radius 2 is 1.91 bits per heavy atom. The number of nitrogens with one attached hydrogen (secondary N) is 1. The normalized spacial score (nSPS) is 20.7. The fourth-order valence-electron chi connectivity index (χ4n) is 6.47. The molecule has 3 aliphatic rings. The quantitative estimate of drug-likeness (QED) is 0.383. The number of anilines is 3. The number of nitrogen functional groups attached to an aromatic ring is 1. The second-order valence-corrected chi connectivity index (χ2v) is 11.7. The number of nitrogens with zero attached hydrogens (tertiary/aromatic N) is 6. The van der Waals surface area contributed by atoms with Crippen molar-refractivity contribution in [2.45, 2.75) is 51.2 Å². The lowest BCUT2D eigenvalue weighted by Gasteiger charge is -2.47.